The second-order valence-electron chi connectivity index (χ2n) is 4.16. The third kappa shape index (κ3) is 4.60. The fourth-order valence-corrected chi connectivity index (χ4v) is 2.27. The van der Waals surface area contributed by atoms with Crippen LogP contribution in [0.15, 0.2) is 24.9 Å². The number of quaternary nitrogens is 1. The minimum absolute atomic E-state index is 0. The molecule has 0 aromatic heterocycles. The SMILES string of the molecule is C=C(O[O-])N1CC[N+](CC(=O)O)(C(=C)OO)C1C(=O)[O-].[Na+].[Na+]. The molecular formula is C10H13N2Na2O8+. The van der Waals surface area contributed by atoms with Crippen LogP contribution in [0.1, 0.15) is 0 Å². The topological polar surface area (TPSA) is 142 Å². The zero-order valence-electron chi connectivity index (χ0n) is 12.4. The van der Waals surface area contributed by atoms with Gasteiger partial charge in [0.15, 0.2) is 12.4 Å². The summed E-state index contributed by atoms with van der Waals surface area (Å²) >= 11 is 0. The second kappa shape index (κ2) is 9.75. The van der Waals surface area contributed by atoms with E-state index in [2.05, 4.69) is 22.9 Å². The van der Waals surface area contributed by atoms with E-state index >= 15 is 0 Å². The summed E-state index contributed by atoms with van der Waals surface area (Å²) in [6, 6.07) is 0. The molecular weight excluding hydrogens is 322 g/mol. The summed E-state index contributed by atoms with van der Waals surface area (Å²) in [5, 5.41) is 39.3. The van der Waals surface area contributed by atoms with Gasteiger partial charge in [-0.1, -0.05) is 0 Å². The van der Waals surface area contributed by atoms with Crippen molar-refractivity contribution in [3.8, 4) is 0 Å². The third-order valence-corrected chi connectivity index (χ3v) is 3.15. The minimum atomic E-state index is -1.69. The number of hydrogen-bond donors (Lipinski definition) is 2. The molecule has 2 unspecified atom stereocenters. The van der Waals surface area contributed by atoms with Crippen LogP contribution in [0.25, 0.3) is 0 Å². The van der Waals surface area contributed by atoms with Crippen LogP contribution in [0.3, 0.4) is 0 Å². The van der Waals surface area contributed by atoms with Crippen molar-refractivity contribution in [1.82, 2.24) is 4.90 Å². The van der Waals surface area contributed by atoms with E-state index in [9.17, 15) is 20.0 Å². The van der Waals surface area contributed by atoms with Gasteiger partial charge in [-0.15, -0.1) is 0 Å². The van der Waals surface area contributed by atoms with Crippen LogP contribution >= 0.6 is 0 Å². The predicted molar refractivity (Wildman–Crippen MR) is 56.2 cm³/mol. The Hall–Kier alpha value is -0.300. The molecule has 0 aromatic carbocycles. The number of carboxylic acids is 2. The van der Waals surface area contributed by atoms with Crippen molar-refractivity contribution in [2.45, 2.75) is 6.17 Å². The molecule has 2 N–H and O–H groups in total. The number of aliphatic carboxylic acids is 2. The van der Waals surface area contributed by atoms with Crippen LogP contribution in [-0.4, -0.2) is 57.5 Å². The Labute approximate surface area is 170 Å². The van der Waals surface area contributed by atoms with Crippen LogP contribution in [0.2, 0.25) is 0 Å². The first-order valence-electron chi connectivity index (χ1n) is 5.36. The van der Waals surface area contributed by atoms with E-state index in [1.807, 2.05) is 0 Å². The summed E-state index contributed by atoms with van der Waals surface area (Å²) in [5.74, 6) is -4.08. The van der Waals surface area contributed by atoms with Crippen molar-refractivity contribution in [1.29, 1.82) is 0 Å². The van der Waals surface area contributed by atoms with Gasteiger partial charge in [0.25, 0.3) is 0 Å². The first-order valence-corrected chi connectivity index (χ1v) is 5.36. The van der Waals surface area contributed by atoms with Crippen LogP contribution in [0.5, 0.6) is 0 Å². The molecule has 1 aliphatic heterocycles. The molecule has 0 saturated carbocycles. The van der Waals surface area contributed by atoms with Gasteiger partial charge in [0.1, 0.15) is 12.5 Å². The molecule has 0 radical (unpaired) electrons. The summed E-state index contributed by atoms with van der Waals surface area (Å²) in [7, 11) is 0. The molecule has 10 nitrogen and oxygen atoms in total. The first-order chi connectivity index (χ1) is 9.30. The largest absolute Gasteiger partial charge is 1.00 e. The normalized spacial score (nSPS) is 22.8. The number of rotatable bonds is 7. The summed E-state index contributed by atoms with van der Waals surface area (Å²) < 4.78 is -0.878. The quantitative estimate of drug-likeness (QED) is 0.152. The number of carbonyl (C=O) groups is 2. The Morgan fingerprint density at radius 1 is 1.36 bits per heavy atom. The standard InChI is InChI=1S/C10H14N2O8.2Na/c1-6(19-17)11-3-4-12(5-8(13)14,7(2)20-18)9(11)10(15)16;;/h9H,1-5H2,(H3-,13,14,15,16,17,18);;/q;2*+1/p-1. The Morgan fingerprint density at radius 2 is 1.91 bits per heavy atom. The van der Waals surface area contributed by atoms with Crippen molar-refractivity contribution >= 4 is 11.9 Å². The van der Waals surface area contributed by atoms with Crippen molar-refractivity contribution in [2.75, 3.05) is 19.6 Å². The monoisotopic (exact) mass is 335 g/mol. The maximum Gasteiger partial charge on any atom is 1.00 e. The Morgan fingerprint density at radius 3 is 2.27 bits per heavy atom. The molecule has 0 bridgehead atoms. The van der Waals surface area contributed by atoms with Gasteiger partial charge in [-0.3, -0.25) is 9.79 Å². The van der Waals surface area contributed by atoms with Gasteiger partial charge in [0.2, 0.25) is 6.17 Å². The summed E-state index contributed by atoms with van der Waals surface area (Å²) in [6.45, 7) is 5.59. The summed E-state index contributed by atoms with van der Waals surface area (Å²) in [6.07, 6.45) is -1.67. The van der Waals surface area contributed by atoms with Crippen LogP contribution < -0.4 is 69.5 Å². The molecule has 12 heteroatoms. The smallest absolute Gasteiger partial charge is 0.663 e. The average molecular weight is 335 g/mol. The number of hydrogen-bond acceptors (Lipinski definition) is 8. The number of nitrogens with zero attached hydrogens (tertiary/aromatic N) is 2. The molecule has 0 amide bonds. The third-order valence-electron chi connectivity index (χ3n) is 3.15. The minimum Gasteiger partial charge on any atom is -0.663 e. The summed E-state index contributed by atoms with van der Waals surface area (Å²) in [5.41, 5.74) is 0. The van der Waals surface area contributed by atoms with E-state index in [0.29, 0.717) is 0 Å². The molecule has 0 spiro atoms. The van der Waals surface area contributed by atoms with Crippen LogP contribution in [0, 0.1) is 0 Å². The molecule has 1 fully saturated rings. The molecule has 22 heavy (non-hydrogen) atoms. The maximum atomic E-state index is 11.3. The van der Waals surface area contributed by atoms with E-state index in [1.54, 1.807) is 0 Å². The summed E-state index contributed by atoms with van der Waals surface area (Å²) in [4.78, 5) is 30.7. The zero-order valence-corrected chi connectivity index (χ0v) is 16.4. The van der Waals surface area contributed by atoms with Gasteiger partial charge in [-0.2, -0.15) is 5.26 Å². The van der Waals surface area contributed by atoms with Crippen molar-refractivity contribution in [3.05, 3.63) is 24.9 Å². The van der Waals surface area contributed by atoms with E-state index in [4.69, 9.17) is 10.4 Å². The van der Waals surface area contributed by atoms with Gasteiger partial charge in [0, 0.05) is 6.58 Å². The van der Waals surface area contributed by atoms with Crippen molar-refractivity contribution < 1.29 is 104 Å². The number of carbonyl (C=O) groups excluding carboxylic acids is 1. The van der Waals surface area contributed by atoms with Gasteiger partial charge in [-0.25, -0.2) is 9.28 Å². The molecule has 112 valence electrons. The Kier molecular flexibility index (Phi) is 10.6. The average Bonchev–Trinajstić information content (AvgIpc) is 2.76. The van der Waals surface area contributed by atoms with Gasteiger partial charge in [0.05, 0.1) is 6.54 Å². The Balaban J connectivity index is 0. The molecule has 1 aliphatic rings. The van der Waals surface area contributed by atoms with Crippen molar-refractivity contribution in [3.63, 3.8) is 0 Å². The zero-order chi connectivity index (χ0) is 15.5. The van der Waals surface area contributed by atoms with Gasteiger partial charge in [-0.05, 0) is 6.58 Å². The van der Waals surface area contributed by atoms with Gasteiger partial charge < -0.3 is 25.2 Å². The molecule has 1 heterocycles. The van der Waals surface area contributed by atoms with E-state index in [1.165, 1.54) is 0 Å². The molecule has 1 rings (SSSR count). The van der Waals surface area contributed by atoms with E-state index in [0.717, 1.165) is 4.90 Å². The fraction of sp³-hybridized carbons (Fsp3) is 0.400. The molecule has 0 aromatic rings. The maximum absolute atomic E-state index is 11.3. The molecule has 1 saturated heterocycles. The predicted octanol–water partition coefficient (Wildman–Crippen LogP) is -8.99. The number of carboxylic acid groups (broad SMARTS) is 2. The second-order valence-corrected chi connectivity index (χ2v) is 4.16. The van der Waals surface area contributed by atoms with Gasteiger partial charge >= 0.3 is 71.0 Å². The van der Waals surface area contributed by atoms with Crippen molar-refractivity contribution in [2.24, 2.45) is 0 Å². The first kappa shape index (κ1) is 24.0. The van der Waals surface area contributed by atoms with Crippen LogP contribution in [0.4, 0.5) is 0 Å². The molecule has 0 aliphatic carbocycles. The fourth-order valence-electron chi connectivity index (χ4n) is 2.27. The van der Waals surface area contributed by atoms with E-state index in [-0.39, 0.29) is 72.2 Å². The molecule has 2 atom stereocenters. The van der Waals surface area contributed by atoms with E-state index < -0.39 is 40.9 Å². The Bertz CT molecular complexity index is 460. The van der Waals surface area contributed by atoms with Crippen LogP contribution in [-0.2, 0) is 19.4 Å².